The second kappa shape index (κ2) is 15.3. The fourth-order valence-corrected chi connectivity index (χ4v) is 4.36. The molecular weight excluding hydrogens is 598 g/mol. The molecule has 0 aliphatic carbocycles. The van der Waals surface area contributed by atoms with Crippen molar-refractivity contribution >= 4 is 41.4 Å². The molecule has 2 aromatic rings. The molecule has 45 heavy (non-hydrogen) atoms. The predicted octanol–water partition coefficient (Wildman–Crippen LogP) is -4.31. The Morgan fingerprint density at radius 2 is 1.67 bits per heavy atom. The highest BCUT2D eigenvalue weighted by Crippen LogP contribution is 2.14. The number of nitrogen functional groups attached to an aromatic ring is 1. The van der Waals surface area contributed by atoms with E-state index in [4.69, 9.17) is 11.5 Å². The smallest absolute Gasteiger partial charge is 0.414 e. The summed E-state index contributed by atoms with van der Waals surface area (Å²) in [7, 11) is 0. The van der Waals surface area contributed by atoms with Gasteiger partial charge in [0.25, 0.3) is 17.4 Å². The Bertz CT molecular complexity index is 1590. The van der Waals surface area contributed by atoms with E-state index in [-0.39, 0.29) is 30.6 Å². The van der Waals surface area contributed by atoms with E-state index in [1.54, 1.807) is 21.7 Å². The van der Waals surface area contributed by atoms with Crippen LogP contribution in [0.15, 0.2) is 15.8 Å². The summed E-state index contributed by atoms with van der Waals surface area (Å²) in [5.74, 6) is -2.86. The van der Waals surface area contributed by atoms with E-state index in [2.05, 4.69) is 25.3 Å². The normalized spacial score (nSPS) is 13.2. The largest absolute Gasteiger partial charge is 0.450 e. The maximum absolute atomic E-state index is 12.6. The van der Waals surface area contributed by atoms with Gasteiger partial charge in [0.2, 0.25) is 17.7 Å². The average molecular weight is 634 g/mol. The van der Waals surface area contributed by atoms with Crippen molar-refractivity contribution in [2.45, 2.75) is 26.9 Å². The number of imide groups is 1. The Balaban J connectivity index is 1.40. The van der Waals surface area contributed by atoms with Gasteiger partial charge in [0, 0.05) is 45.5 Å². The molecule has 6 amide bonds. The number of anilines is 1. The van der Waals surface area contributed by atoms with Gasteiger partial charge in [0.15, 0.2) is 5.69 Å². The first kappa shape index (κ1) is 34.0. The van der Waals surface area contributed by atoms with Gasteiger partial charge in [0.1, 0.15) is 23.8 Å². The number of nitrogens with two attached hydrogens (primary N) is 2. The molecule has 1 saturated heterocycles. The third kappa shape index (κ3) is 9.23. The van der Waals surface area contributed by atoms with Crippen molar-refractivity contribution in [3.05, 3.63) is 44.1 Å². The Hall–Kier alpha value is -5.53. The number of rotatable bonds is 12. The number of aromatic amines is 1. The lowest BCUT2D eigenvalue weighted by Gasteiger charge is -2.35. The number of alkyl carbamates (subject to hydrolysis) is 1. The number of hydrogen-bond donors (Lipinski definition) is 6. The summed E-state index contributed by atoms with van der Waals surface area (Å²) in [5, 5.41) is 6.50. The van der Waals surface area contributed by atoms with Crippen LogP contribution in [0.2, 0.25) is 0 Å². The van der Waals surface area contributed by atoms with Crippen molar-refractivity contribution in [3.63, 3.8) is 0 Å². The van der Waals surface area contributed by atoms with Crippen molar-refractivity contribution in [2.75, 3.05) is 58.2 Å². The summed E-state index contributed by atoms with van der Waals surface area (Å²) in [4.78, 5) is 106. The van der Waals surface area contributed by atoms with Crippen molar-refractivity contribution in [2.24, 2.45) is 5.73 Å². The molecule has 0 unspecified atom stereocenters. The third-order valence-corrected chi connectivity index (χ3v) is 6.74. The zero-order valence-electron chi connectivity index (χ0n) is 24.7. The maximum Gasteiger partial charge on any atom is 0.414 e. The Morgan fingerprint density at radius 3 is 2.29 bits per heavy atom. The lowest BCUT2D eigenvalue weighted by atomic mass is 10.3. The first-order valence-electron chi connectivity index (χ1n) is 13.8. The average Bonchev–Trinajstić information content (AvgIpc) is 3.28. The Kier molecular flexibility index (Phi) is 11.5. The van der Waals surface area contributed by atoms with Gasteiger partial charge in [-0.1, -0.05) is 0 Å². The fraction of sp³-hybridized carbons (Fsp3) is 0.480. The summed E-state index contributed by atoms with van der Waals surface area (Å²) in [5.41, 5.74) is 8.59. The lowest BCUT2D eigenvalue weighted by molar-refractivity contribution is -0.134. The zero-order chi connectivity index (χ0) is 33.3. The number of aromatic nitrogens is 4. The number of H-pyrrole nitrogens is 1. The van der Waals surface area contributed by atoms with Crippen LogP contribution in [0, 0.1) is 6.92 Å². The van der Waals surface area contributed by atoms with E-state index in [0.717, 1.165) is 6.20 Å². The maximum atomic E-state index is 12.6. The van der Waals surface area contributed by atoms with Gasteiger partial charge in [-0.25, -0.2) is 14.6 Å². The van der Waals surface area contributed by atoms with Gasteiger partial charge in [-0.3, -0.25) is 48.5 Å². The summed E-state index contributed by atoms with van der Waals surface area (Å²) >= 11 is 0. The molecule has 1 aliphatic rings. The van der Waals surface area contributed by atoms with E-state index in [1.807, 2.05) is 4.98 Å². The second-order valence-corrected chi connectivity index (χ2v) is 9.79. The molecule has 0 saturated carbocycles. The van der Waals surface area contributed by atoms with Crippen LogP contribution in [-0.2, 0) is 32.2 Å². The van der Waals surface area contributed by atoms with E-state index < -0.39 is 59.6 Å². The predicted molar refractivity (Wildman–Crippen MR) is 155 cm³/mol. The van der Waals surface area contributed by atoms with Gasteiger partial charge in [-0.05, 0) is 13.8 Å². The number of aryl methyl sites for hydroxylation is 1. The second-order valence-electron chi connectivity index (χ2n) is 9.79. The first-order chi connectivity index (χ1) is 21.3. The first-order valence-corrected chi connectivity index (χ1v) is 13.8. The van der Waals surface area contributed by atoms with Crippen molar-refractivity contribution in [1.82, 2.24) is 44.9 Å². The van der Waals surface area contributed by atoms with Crippen LogP contribution in [0.4, 0.5) is 10.6 Å². The van der Waals surface area contributed by atoms with Crippen LogP contribution >= 0.6 is 0 Å². The van der Waals surface area contributed by atoms with Crippen molar-refractivity contribution < 1.29 is 33.5 Å². The highest BCUT2D eigenvalue weighted by molar-refractivity contribution is 6.02. The third-order valence-electron chi connectivity index (χ3n) is 6.74. The van der Waals surface area contributed by atoms with Crippen LogP contribution in [0.25, 0.3) is 0 Å². The zero-order valence-corrected chi connectivity index (χ0v) is 24.7. The molecule has 1 fully saturated rings. The van der Waals surface area contributed by atoms with Gasteiger partial charge in [0.05, 0.1) is 19.7 Å². The molecule has 0 spiro atoms. The number of hydrogen-bond acceptors (Lipinski definition) is 12. The van der Waals surface area contributed by atoms with Crippen LogP contribution in [-0.4, -0.2) is 117 Å². The minimum atomic E-state index is -1.15. The number of nitrogens with one attached hydrogen (secondary N) is 4. The molecule has 20 nitrogen and oxygen atoms in total. The molecule has 0 bridgehead atoms. The lowest BCUT2D eigenvalue weighted by Crippen LogP contribution is -2.52. The minimum absolute atomic E-state index is 0.0263. The van der Waals surface area contributed by atoms with Crippen LogP contribution in [0.1, 0.15) is 33.6 Å². The van der Waals surface area contributed by atoms with Crippen LogP contribution in [0.5, 0.6) is 0 Å². The SMILES string of the molecule is CCOC(=O)NC(=O)c1cn(CC(=O)NCC(=O)NCC(=O)N2CCN(CCn3c(C)nc(C(N)=O)c3N)CC2)c(=O)[nH]c1=O. The van der Waals surface area contributed by atoms with Crippen molar-refractivity contribution in [3.8, 4) is 0 Å². The molecule has 8 N–H and O–H groups in total. The topological polar surface area (TPSA) is 279 Å². The summed E-state index contributed by atoms with van der Waals surface area (Å²) in [6.45, 7) is 4.80. The van der Waals surface area contributed by atoms with Gasteiger partial charge >= 0.3 is 11.8 Å². The number of carbonyl (C=O) groups excluding carboxylic acids is 6. The quantitative estimate of drug-likeness (QED) is 0.129. The highest BCUT2D eigenvalue weighted by atomic mass is 16.5. The standard InChI is InChI=1S/C25H35N11O9/c1-3-45-25(44)32-23(42)15-12-35(24(43)31-22(15)41)13-17(38)28-10-16(37)29-11-18(39)34-7-4-33(5-8-34)6-9-36-14(2)30-19(20(36)26)21(27)40/h12H,3-11,13,26H2,1-2H3,(H2,27,40)(H,28,38)(H,29,37)(H,31,41,43)(H,32,42,44). The van der Waals surface area contributed by atoms with E-state index >= 15 is 0 Å². The van der Waals surface area contributed by atoms with E-state index in [0.29, 0.717) is 49.7 Å². The minimum Gasteiger partial charge on any atom is -0.450 e. The molecule has 0 aromatic carbocycles. The molecule has 3 heterocycles. The van der Waals surface area contributed by atoms with Crippen LogP contribution in [0.3, 0.4) is 0 Å². The Labute approximate surface area is 255 Å². The number of nitrogens with zero attached hydrogens (tertiary/aromatic N) is 5. The number of piperazine rings is 1. The molecule has 1 aliphatic heterocycles. The molecule has 2 aromatic heterocycles. The van der Waals surface area contributed by atoms with Gasteiger partial charge in [-0.15, -0.1) is 0 Å². The molecular formula is C25H35N11O9. The number of imidazole rings is 1. The van der Waals surface area contributed by atoms with E-state index in [9.17, 15) is 38.4 Å². The van der Waals surface area contributed by atoms with E-state index in [1.165, 1.54) is 6.92 Å². The summed E-state index contributed by atoms with van der Waals surface area (Å²) in [6, 6.07) is 0. The molecule has 0 radical (unpaired) electrons. The van der Waals surface area contributed by atoms with Crippen LogP contribution < -0.4 is 38.7 Å². The highest BCUT2D eigenvalue weighted by Gasteiger charge is 2.23. The van der Waals surface area contributed by atoms with Gasteiger partial charge < -0.3 is 36.3 Å². The Morgan fingerprint density at radius 1 is 1.00 bits per heavy atom. The molecule has 20 heteroatoms. The number of carbonyl (C=O) groups is 6. The van der Waals surface area contributed by atoms with Crippen molar-refractivity contribution in [1.29, 1.82) is 0 Å². The molecule has 0 atom stereocenters. The number of amides is 6. The summed E-state index contributed by atoms with van der Waals surface area (Å²) in [6.07, 6.45) is -0.309. The number of ether oxygens (including phenoxy) is 1. The fourth-order valence-electron chi connectivity index (χ4n) is 4.36. The van der Waals surface area contributed by atoms with Gasteiger partial charge in [-0.2, -0.15) is 0 Å². The monoisotopic (exact) mass is 633 g/mol. The number of primary amides is 1. The summed E-state index contributed by atoms with van der Waals surface area (Å²) < 4.78 is 6.97. The molecule has 244 valence electrons. The molecule has 3 rings (SSSR count).